The highest BCUT2D eigenvalue weighted by Crippen LogP contribution is 2.48. The van der Waals surface area contributed by atoms with E-state index in [9.17, 15) is 18.4 Å². The number of hydrogen-bond acceptors (Lipinski definition) is 4. The lowest BCUT2D eigenvalue weighted by molar-refractivity contribution is -0.123. The van der Waals surface area contributed by atoms with Crippen molar-refractivity contribution < 1.29 is 18.4 Å². The molecule has 2 amide bonds. The molecule has 1 aliphatic heterocycles. The van der Waals surface area contributed by atoms with Crippen molar-refractivity contribution in [2.45, 2.75) is 24.8 Å². The molecular weight excluding hydrogens is 446 g/mol. The molecule has 2 aromatic carbocycles. The van der Waals surface area contributed by atoms with E-state index in [1.54, 1.807) is 6.07 Å². The Bertz CT molecular complexity index is 1190. The van der Waals surface area contributed by atoms with Gasteiger partial charge in [0, 0.05) is 12.7 Å². The minimum Gasteiger partial charge on any atom is -0.355 e. The summed E-state index contributed by atoms with van der Waals surface area (Å²) in [5, 5.41) is 11.0. The first-order valence-electron chi connectivity index (χ1n) is 9.35. The normalized spacial score (nSPS) is 17.0. The number of benzene rings is 2. The van der Waals surface area contributed by atoms with Crippen LogP contribution >= 0.6 is 23.8 Å². The third-order valence-corrected chi connectivity index (χ3v) is 6.43. The predicted molar refractivity (Wildman–Crippen MR) is 115 cm³/mol. The van der Waals surface area contributed by atoms with Gasteiger partial charge in [0.15, 0.2) is 10.9 Å². The zero-order valence-electron chi connectivity index (χ0n) is 16.2. The van der Waals surface area contributed by atoms with Gasteiger partial charge in [-0.25, -0.2) is 8.78 Å². The molecule has 0 aromatic heterocycles. The molecule has 0 radical (unpaired) electrons. The second kappa shape index (κ2) is 7.55. The van der Waals surface area contributed by atoms with Gasteiger partial charge in [0.25, 0.3) is 11.8 Å². The minimum atomic E-state index is -1.06. The van der Waals surface area contributed by atoms with Gasteiger partial charge in [0.05, 0.1) is 21.8 Å². The largest absolute Gasteiger partial charge is 0.355 e. The molecule has 1 saturated carbocycles. The molecule has 31 heavy (non-hydrogen) atoms. The fourth-order valence-corrected chi connectivity index (χ4v) is 4.62. The molecule has 0 unspecified atom stereocenters. The van der Waals surface area contributed by atoms with Crippen LogP contribution < -0.4 is 15.1 Å². The van der Waals surface area contributed by atoms with Gasteiger partial charge in [-0.15, -0.1) is 0 Å². The Kier molecular flexibility index (Phi) is 5.15. The number of nitrogens with one attached hydrogen (secondary N) is 1. The van der Waals surface area contributed by atoms with E-state index in [2.05, 4.69) is 5.32 Å². The van der Waals surface area contributed by atoms with Gasteiger partial charge in [-0.05, 0) is 61.8 Å². The number of nitrogens with zero attached hydrogens (tertiary/aromatic N) is 3. The summed E-state index contributed by atoms with van der Waals surface area (Å²) in [5.74, 6) is -2.74. The van der Waals surface area contributed by atoms with Gasteiger partial charge in [-0.3, -0.25) is 14.5 Å². The molecule has 4 rings (SSSR count). The average molecular weight is 461 g/mol. The quantitative estimate of drug-likeness (QED) is 0.703. The summed E-state index contributed by atoms with van der Waals surface area (Å²) >= 11 is 11.5. The Hall–Kier alpha value is -3.09. The van der Waals surface area contributed by atoms with Gasteiger partial charge >= 0.3 is 0 Å². The average Bonchev–Trinajstić information content (AvgIpc) is 2.96. The molecule has 1 heterocycles. The lowest BCUT2D eigenvalue weighted by Crippen LogP contribution is -2.55. The van der Waals surface area contributed by atoms with E-state index < -0.39 is 34.0 Å². The Morgan fingerprint density at radius 2 is 2.00 bits per heavy atom. The van der Waals surface area contributed by atoms with Crippen LogP contribution in [0.3, 0.4) is 0 Å². The monoisotopic (exact) mass is 460 g/mol. The van der Waals surface area contributed by atoms with Crippen molar-refractivity contribution in [3.63, 3.8) is 0 Å². The zero-order valence-corrected chi connectivity index (χ0v) is 17.8. The Morgan fingerprint density at radius 1 is 1.29 bits per heavy atom. The highest BCUT2D eigenvalue weighted by Gasteiger charge is 2.60. The van der Waals surface area contributed by atoms with Crippen molar-refractivity contribution in [2.24, 2.45) is 0 Å². The molecule has 1 saturated heterocycles. The van der Waals surface area contributed by atoms with Gasteiger partial charge in [0.1, 0.15) is 17.4 Å². The summed E-state index contributed by atoms with van der Waals surface area (Å²) in [6.07, 6.45) is 1.65. The predicted octanol–water partition coefficient (Wildman–Crippen LogP) is 3.91. The molecule has 10 heteroatoms. The molecule has 2 aliphatic rings. The first kappa shape index (κ1) is 21.2. The van der Waals surface area contributed by atoms with Crippen molar-refractivity contribution in [2.75, 3.05) is 16.8 Å². The fraction of sp³-hybridized carbons (Fsp3) is 0.238. The summed E-state index contributed by atoms with van der Waals surface area (Å²) < 4.78 is 29.6. The lowest BCUT2D eigenvalue weighted by Gasteiger charge is -2.43. The van der Waals surface area contributed by atoms with Crippen LogP contribution in [-0.4, -0.2) is 29.5 Å². The molecule has 1 spiro atoms. The molecule has 2 fully saturated rings. The van der Waals surface area contributed by atoms with E-state index in [-0.39, 0.29) is 27.6 Å². The molecule has 0 bridgehead atoms. The van der Waals surface area contributed by atoms with Crippen LogP contribution in [0.2, 0.25) is 5.02 Å². The van der Waals surface area contributed by atoms with Gasteiger partial charge in [-0.1, -0.05) is 11.6 Å². The molecule has 1 N–H and O–H groups in total. The molecule has 6 nitrogen and oxygen atoms in total. The maximum Gasteiger partial charge on any atom is 0.259 e. The molecule has 158 valence electrons. The van der Waals surface area contributed by atoms with Crippen molar-refractivity contribution in [1.29, 1.82) is 5.26 Å². The summed E-state index contributed by atoms with van der Waals surface area (Å²) in [7, 11) is 1.39. The molecular formula is C21H15ClF2N4O2S. The van der Waals surface area contributed by atoms with Crippen LogP contribution in [-0.2, 0) is 4.79 Å². The first-order valence-corrected chi connectivity index (χ1v) is 10.1. The van der Waals surface area contributed by atoms with Crippen molar-refractivity contribution in [1.82, 2.24) is 5.32 Å². The van der Waals surface area contributed by atoms with E-state index in [0.717, 1.165) is 17.4 Å². The van der Waals surface area contributed by atoms with Crippen molar-refractivity contribution in [3.8, 4) is 6.07 Å². The van der Waals surface area contributed by atoms with Crippen LogP contribution in [0.15, 0.2) is 30.3 Å². The summed E-state index contributed by atoms with van der Waals surface area (Å²) in [5.41, 5.74) is -1.17. The Balaban J connectivity index is 1.81. The van der Waals surface area contributed by atoms with Crippen LogP contribution in [0.1, 0.15) is 35.2 Å². The Morgan fingerprint density at radius 3 is 2.55 bits per heavy atom. The number of carbonyl (C=O) groups is 2. The highest BCUT2D eigenvalue weighted by molar-refractivity contribution is 7.81. The zero-order chi connectivity index (χ0) is 22.5. The third-order valence-electron chi connectivity index (χ3n) is 5.70. The van der Waals surface area contributed by atoms with Gasteiger partial charge in [-0.2, -0.15) is 5.26 Å². The number of nitriles is 1. The van der Waals surface area contributed by atoms with E-state index >= 15 is 0 Å². The number of carbonyl (C=O) groups excluding carboxylic acids is 2. The molecule has 1 aliphatic carbocycles. The Labute approximate surface area is 187 Å². The number of amides is 2. The second-order valence-corrected chi connectivity index (χ2v) is 8.00. The minimum absolute atomic E-state index is 0.0310. The van der Waals surface area contributed by atoms with E-state index in [1.165, 1.54) is 36.2 Å². The van der Waals surface area contributed by atoms with Crippen LogP contribution in [0.25, 0.3) is 0 Å². The number of halogens is 3. The third kappa shape index (κ3) is 2.98. The first-order chi connectivity index (χ1) is 14.8. The maximum atomic E-state index is 14.9. The highest BCUT2D eigenvalue weighted by atomic mass is 35.5. The maximum absolute atomic E-state index is 14.9. The van der Waals surface area contributed by atoms with Gasteiger partial charge in [0.2, 0.25) is 0 Å². The van der Waals surface area contributed by atoms with Crippen molar-refractivity contribution >= 4 is 52.1 Å². The standard InChI is InChI=1S/C21H15ClF2N4O2S/c1-26-18(29)13-5-4-12(9-14(13)23)28-20(31)27(19(30)21(28)7-2-8-21)15-6-3-11(10-25)16(22)17(15)24/h3-6,9H,2,7-8H2,1H3,(H,26,29). The van der Waals surface area contributed by atoms with Crippen LogP contribution in [0, 0.1) is 23.0 Å². The lowest BCUT2D eigenvalue weighted by atomic mass is 9.75. The smallest absolute Gasteiger partial charge is 0.259 e. The van der Waals surface area contributed by atoms with Crippen molar-refractivity contribution in [3.05, 3.63) is 58.1 Å². The van der Waals surface area contributed by atoms with E-state index in [4.69, 9.17) is 29.1 Å². The topological polar surface area (TPSA) is 76.4 Å². The molecule has 2 aromatic rings. The number of anilines is 2. The summed E-state index contributed by atoms with van der Waals surface area (Å²) in [6.45, 7) is 0. The number of thiocarbonyl (C=S) groups is 1. The van der Waals surface area contributed by atoms with E-state index in [1.807, 2.05) is 0 Å². The van der Waals surface area contributed by atoms with E-state index in [0.29, 0.717) is 12.8 Å². The summed E-state index contributed by atoms with van der Waals surface area (Å²) in [6, 6.07) is 8.31. The number of rotatable bonds is 3. The fourth-order valence-electron chi connectivity index (χ4n) is 3.95. The van der Waals surface area contributed by atoms with Gasteiger partial charge < -0.3 is 10.2 Å². The molecule has 0 atom stereocenters. The van der Waals surface area contributed by atoms with Crippen LogP contribution in [0.5, 0.6) is 0 Å². The SMILES string of the molecule is CNC(=O)c1ccc(N2C(=S)N(c3ccc(C#N)c(Cl)c3F)C(=O)C23CCC3)cc1F. The van der Waals surface area contributed by atoms with Crippen LogP contribution in [0.4, 0.5) is 20.2 Å². The summed E-state index contributed by atoms with van der Waals surface area (Å²) in [4.78, 5) is 27.8. The number of hydrogen-bond donors (Lipinski definition) is 1. The second-order valence-electron chi connectivity index (χ2n) is 7.26.